The molecule has 1 saturated heterocycles. The third-order valence-corrected chi connectivity index (χ3v) is 2.97. The number of amides is 2. The van der Waals surface area contributed by atoms with Gasteiger partial charge in [0.1, 0.15) is 6.04 Å². The van der Waals surface area contributed by atoms with E-state index in [9.17, 15) is 14.7 Å². The van der Waals surface area contributed by atoms with Crippen molar-refractivity contribution in [2.45, 2.75) is 25.1 Å². The molecular formula is C12H15N3O4. The smallest absolute Gasteiger partial charge is 0.326 e. The van der Waals surface area contributed by atoms with Gasteiger partial charge in [0, 0.05) is 19.2 Å². The molecule has 1 fully saturated rings. The Balaban J connectivity index is 1.94. The number of β-amino-alcohol motifs (C(OH)–C–C–N with tert-alkyl or cyclic N) is 1. The van der Waals surface area contributed by atoms with Crippen molar-refractivity contribution >= 4 is 12.0 Å². The van der Waals surface area contributed by atoms with Gasteiger partial charge in [0.25, 0.3) is 0 Å². The van der Waals surface area contributed by atoms with E-state index in [2.05, 4.69) is 10.3 Å². The molecule has 0 saturated carbocycles. The Labute approximate surface area is 109 Å². The lowest BCUT2D eigenvalue weighted by Crippen LogP contribution is -2.46. The molecule has 2 heterocycles. The number of rotatable bonds is 3. The van der Waals surface area contributed by atoms with Gasteiger partial charge in [-0.05, 0) is 12.1 Å². The summed E-state index contributed by atoms with van der Waals surface area (Å²) in [5.41, 5.74) is 0.683. The minimum atomic E-state index is -1.11. The Morgan fingerprint density at radius 2 is 2.26 bits per heavy atom. The van der Waals surface area contributed by atoms with Crippen LogP contribution in [0.15, 0.2) is 24.4 Å². The molecule has 0 aliphatic carbocycles. The number of nitrogens with zero attached hydrogens (tertiary/aromatic N) is 2. The van der Waals surface area contributed by atoms with E-state index in [0.29, 0.717) is 5.69 Å². The van der Waals surface area contributed by atoms with Crippen LogP contribution in [-0.4, -0.2) is 50.8 Å². The van der Waals surface area contributed by atoms with E-state index >= 15 is 0 Å². The topological polar surface area (TPSA) is 103 Å². The third kappa shape index (κ3) is 3.19. The van der Waals surface area contributed by atoms with Crippen LogP contribution < -0.4 is 5.32 Å². The SMILES string of the molecule is O=C(O)[C@@H]1CC(O)CN1C(=O)NCc1ccccn1. The van der Waals surface area contributed by atoms with E-state index in [1.54, 1.807) is 24.4 Å². The second-order valence-corrected chi connectivity index (χ2v) is 4.38. The zero-order valence-corrected chi connectivity index (χ0v) is 10.2. The fourth-order valence-electron chi connectivity index (χ4n) is 2.04. The summed E-state index contributed by atoms with van der Waals surface area (Å²) in [4.78, 5) is 28.1. The van der Waals surface area contributed by atoms with E-state index in [4.69, 9.17) is 5.11 Å². The normalized spacial score (nSPS) is 22.3. The lowest BCUT2D eigenvalue weighted by atomic mass is 10.2. The number of hydrogen-bond donors (Lipinski definition) is 3. The van der Waals surface area contributed by atoms with E-state index in [0.717, 1.165) is 4.90 Å². The van der Waals surface area contributed by atoms with Crippen LogP contribution in [0, 0.1) is 0 Å². The molecule has 7 heteroatoms. The van der Waals surface area contributed by atoms with Gasteiger partial charge in [-0.2, -0.15) is 0 Å². The van der Waals surface area contributed by atoms with Gasteiger partial charge in [-0.3, -0.25) is 4.98 Å². The number of aliphatic hydroxyl groups is 1. The maximum atomic E-state index is 11.9. The van der Waals surface area contributed by atoms with E-state index in [-0.39, 0.29) is 19.5 Å². The number of nitrogens with one attached hydrogen (secondary N) is 1. The largest absolute Gasteiger partial charge is 0.480 e. The highest BCUT2D eigenvalue weighted by Gasteiger charge is 2.38. The van der Waals surface area contributed by atoms with Crippen molar-refractivity contribution < 1.29 is 19.8 Å². The Morgan fingerprint density at radius 1 is 1.47 bits per heavy atom. The van der Waals surface area contributed by atoms with Crippen LogP contribution in [0.4, 0.5) is 4.79 Å². The lowest BCUT2D eigenvalue weighted by molar-refractivity contribution is -0.141. The van der Waals surface area contributed by atoms with Crippen LogP contribution >= 0.6 is 0 Å². The first kappa shape index (κ1) is 13.3. The molecule has 2 amide bonds. The Hall–Kier alpha value is -2.15. The number of likely N-dealkylation sites (tertiary alicyclic amines) is 1. The highest BCUT2D eigenvalue weighted by Crippen LogP contribution is 2.18. The summed E-state index contributed by atoms with van der Waals surface area (Å²) in [7, 11) is 0. The molecule has 0 spiro atoms. The number of hydrogen-bond acceptors (Lipinski definition) is 4. The van der Waals surface area contributed by atoms with Gasteiger partial charge in [-0.1, -0.05) is 6.07 Å². The zero-order chi connectivity index (χ0) is 13.8. The molecule has 1 aliphatic rings. The molecule has 102 valence electrons. The molecule has 1 unspecified atom stereocenters. The summed E-state index contributed by atoms with van der Waals surface area (Å²) in [5.74, 6) is -1.11. The average Bonchev–Trinajstić information content (AvgIpc) is 2.79. The predicted octanol–water partition coefficient (Wildman–Crippen LogP) is -0.189. The minimum absolute atomic E-state index is 0.0328. The van der Waals surface area contributed by atoms with Crippen LogP contribution in [0.3, 0.4) is 0 Å². The number of urea groups is 1. The maximum Gasteiger partial charge on any atom is 0.326 e. The van der Waals surface area contributed by atoms with Crippen molar-refractivity contribution in [2.24, 2.45) is 0 Å². The van der Waals surface area contributed by atoms with Crippen LogP contribution in [-0.2, 0) is 11.3 Å². The molecule has 1 aromatic heterocycles. The van der Waals surface area contributed by atoms with Gasteiger partial charge in [-0.15, -0.1) is 0 Å². The Bertz CT molecular complexity index is 465. The number of carbonyl (C=O) groups is 2. The molecule has 1 aliphatic heterocycles. The molecule has 19 heavy (non-hydrogen) atoms. The molecule has 0 aromatic carbocycles. The van der Waals surface area contributed by atoms with Gasteiger partial charge < -0.3 is 20.4 Å². The number of aromatic nitrogens is 1. The fraction of sp³-hybridized carbons (Fsp3) is 0.417. The second kappa shape index (κ2) is 5.66. The first-order valence-corrected chi connectivity index (χ1v) is 5.93. The highest BCUT2D eigenvalue weighted by molar-refractivity contribution is 5.83. The number of carboxylic acid groups (broad SMARTS) is 1. The molecule has 7 nitrogen and oxygen atoms in total. The average molecular weight is 265 g/mol. The van der Waals surface area contributed by atoms with Crippen molar-refractivity contribution in [3.63, 3.8) is 0 Å². The van der Waals surface area contributed by atoms with Crippen molar-refractivity contribution in [3.05, 3.63) is 30.1 Å². The molecule has 3 N–H and O–H groups in total. The van der Waals surface area contributed by atoms with Crippen molar-refractivity contribution in [1.29, 1.82) is 0 Å². The van der Waals surface area contributed by atoms with Crippen LogP contribution in [0.5, 0.6) is 0 Å². The summed E-state index contributed by atoms with van der Waals surface area (Å²) >= 11 is 0. The minimum Gasteiger partial charge on any atom is -0.480 e. The van der Waals surface area contributed by atoms with E-state index < -0.39 is 24.1 Å². The summed E-state index contributed by atoms with van der Waals surface area (Å²) in [6.07, 6.45) is 0.884. The molecule has 2 atom stereocenters. The van der Waals surface area contributed by atoms with Gasteiger partial charge in [0.05, 0.1) is 18.3 Å². The predicted molar refractivity (Wildman–Crippen MR) is 65.2 cm³/mol. The maximum absolute atomic E-state index is 11.9. The van der Waals surface area contributed by atoms with Gasteiger partial charge in [0.2, 0.25) is 0 Å². The lowest BCUT2D eigenvalue weighted by Gasteiger charge is -2.21. The molecule has 2 rings (SSSR count). The van der Waals surface area contributed by atoms with E-state index in [1.807, 2.05) is 0 Å². The Morgan fingerprint density at radius 3 is 2.89 bits per heavy atom. The first-order chi connectivity index (χ1) is 9.08. The Kier molecular flexibility index (Phi) is 3.96. The summed E-state index contributed by atoms with van der Waals surface area (Å²) in [6, 6.07) is 3.85. The summed E-state index contributed by atoms with van der Waals surface area (Å²) in [5, 5.41) is 21.0. The number of aliphatic carboxylic acids is 1. The number of carboxylic acids is 1. The molecule has 1 aromatic rings. The van der Waals surface area contributed by atoms with E-state index in [1.165, 1.54) is 0 Å². The fourth-order valence-corrected chi connectivity index (χ4v) is 2.04. The van der Waals surface area contributed by atoms with Crippen molar-refractivity contribution in [3.8, 4) is 0 Å². The van der Waals surface area contributed by atoms with Crippen molar-refractivity contribution in [2.75, 3.05) is 6.54 Å². The van der Waals surface area contributed by atoms with Gasteiger partial charge >= 0.3 is 12.0 Å². The molecule has 0 radical (unpaired) electrons. The summed E-state index contributed by atoms with van der Waals surface area (Å²) in [6.45, 7) is 0.254. The monoisotopic (exact) mass is 265 g/mol. The third-order valence-electron chi connectivity index (χ3n) is 2.97. The van der Waals surface area contributed by atoms with Crippen molar-refractivity contribution in [1.82, 2.24) is 15.2 Å². The van der Waals surface area contributed by atoms with Gasteiger partial charge in [0.15, 0.2) is 0 Å². The van der Waals surface area contributed by atoms with Crippen LogP contribution in [0.1, 0.15) is 12.1 Å². The van der Waals surface area contributed by atoms with Gasteiger partial charge in [-0.25, -0.2) is 9.59 Å². The quantitative estimate of drug-likeness (QED) is 0.703. The highest BCUT2D eigenvalue weighted by atomic mass is 16.4. The zero-order valence-electron chi connectivity index (χ0n) is 10.2. The van der Waals surface area contributed by atoms with Crippen LogP contribution in [0.25, 0.3) is 0 Å². The first-order valence-electron chi connectivity index (χ1n) is 5.93. The van der Waals surface area contributed by atoms with Crippen LogP contribution in [0.2, 0.25) is 0 Å². The molecule has 0 bridgehead atoms. The second-order valence-electron chi connectivity index (χ2n) is 4.38. The number of pyridine rings is 1. The number of carbonyl (C=O) groups excluding carboxylic acids is 1. The standard InChI is InChI=1S/C12H15N3O4/c16-9-5-10(11(17)18)15(7-9)12(19)14-6-8-3-1-2-4-13-8/h1-4,9-10,16H,5-7H2,(H,14,19)(H,17,18)/t9?,10-/m0/s1. The molecular weight excluding hydrogens is 250 g/mol. The summed E-state index contributed by atoms with van der Waals surface area (Å²) < 4.78 is 0. The number of aliphatic hydroxyl groups excluding tert-OH is 1.